The summed E-state index contributed by atoms with van der Waals surface area (Å²) in [5, 5.41) is 0.768. The lowest BCUT2D eigenvalue weighted by molar-refractivity contribution is -0.137. The normalized spacial score (nSPS) is 19.9. The zero-order valence-electron chi connectivity index (χ0n) is 16.6. The van der Waals surface area contributed by atoms with Gasteiger partial charge in [-0.2, -0.15) is 0 Å². The van der Waals surface area contributed by atoms with Gasteiger partial charge >= 0.3 is 5.97 Å². The highest BCUT2D eigenvalue weighted by atomic mass is 16.5. The second-order valence-electron chi connectivity index (χ2n) is 7.75. The van der Waals surface area contributed by atoms with E-state index < -0.39 is 5.97 Å². The maximum Gasteiger partial charge on any atom is 0.339 e. The van der Waals surface area contributed by atoms with E-state index >= 15 is 0 Å². The largest absolute Gasteiger partial charge is 0.452 e. The lowest BCUT2D eigenvalue weighted by atomic mass is 9.92. The molecule has 0 unspecified atom stereocenters. The van der Waals surface area contributed by atoms with Crippen LogP contribution in [0.15, 0.2) is 24.3 Å². The van der Waals surface area contributed by atoms with Crippen LogP contribution in [0.2, 0.25) is 0 Å². The summed E-state index contributed by atoms with van der Waals surface area (Å²) in [5.41, 5.74) is 3.00. The Kier molecular flexibility index (Phi) is 5.78. The van der Waals surface area contributed by atoms with Crippen LogP contribution in [0.5, 0.6) is 0 Å². The van der Waals surface area contributed by atoms with Crippen molar-refractivity contribution < 1.29 is 14.3 Å². The zero-order chi connectivity index (χ0) is 19.6. The molecule has 2 aromatic rings. The van der Waals surface area contributed by atoms with Crippen molar-refractivity contribution >= 4 is 22.8 Å². The van der Waals surface area contributed by atoms with E-state index in [0.717, 1.165) is 48.1 Å². The molecule has 0 spiro atoms. The van der Waals surface area contributed by atoms with Crippen molar-refractivity contribution in [2.75, 3.05) is 19.7 Å². The number of nitrogens with zero attached hydrogens (tertiary/aromatic N) is 2. The van der Waals surface area contributed by atoms with Crippen LogP contribution >= 0.6 is 0 Å². The van der Waals surface area contributed by atoms with Crippen molar-refractivity contribution in [3.63, 3.8) is 0 Å². The van der Waals surface area contributed by atoms with Crippen LogP contribution in [0.3, 0.4) is 0 Å². The number of fused-ring (bicyclic) bond motifs is 1. The zero-order valence-corrected chi connectivity index (χ0v) is 16.6. The Bertz CT molecular complexity index is 852. The number of aromatic nitrogens is 1. The minimum absolute atomic E-state index is 0.117. The molecule has 0 aliphatic carbocycles. The molecular formula is C22H28N2O3. The topological polar surface area (TPSA) is 59.5 Å². The minimum Gasteiger partial charge on any atom is -0.452 e. The number of ether oxygens (including phenoxy) is 1. The van der Waals surface area contributed by atoms with Crippen molar-refractivity contribution in [1.82, 2.24) is 9.88 Å². The van der Waals surface area contributed by atoms with Gasteiger partial charge in [0.15, 0.2) is 6.61 Å². The van der Waals surface area contributed by atoms with Gasteiger partial charge < -0.3 is 9.64 Å². The van der Waals surface area contributed by atoms with Crippen LogP contribution in [-0.4, -0.2) is 41.5 Å². The molecule has 1 aliphatic rings. The molecule has 2 heterocycles. The van der Waals surface area contributed by atoms with Gasteiger partial charge in [0.05, 0.1) is 11.1 Å². The van der Waals surface area contributed by atoms with Gasteiger partial charge in [0.2, 0.25) is 0 Å². The number of esters is 1. The third-order valence-corrected chi connectivity index (χ3v) is 5.32. The summed E-state index contributed by atoms with van der Waals surface area (Å²) in [6.07, 6.45) is 1.87. The molecule has 27 heavy (non-hydrogen) atoms. The highest BCUT2D eigenvalue weighted by Crippen LogP contribution is 2.25. The van der Waals surface area contributed by atoms with Gasteiger partial charge in [0.1, 0.15) is 0 Å². The Balaban J connectivity index is 1.78. The van der Waals surface area contributed by atoms with Gasteiger partial charge in [-0.1, -0.05) is 39.0 Å². The van der Waals surface area contributed by atoms with Crippen LogP contribution in [0.4, 0.5) is 0 Å². The summed E-state index contributed by atoms with van der Waals surface area (Å²) in [6.45, 7) is 9.47. The van der Waals surface area contributed by atoms with E-state index in [-0.39, 0.29) is 12.5 Å². The molecule has 0 N–H and O–H groups in total. The van der Waals surface area contributed by atoms with Crippen LogP contribution in [-0.2, 0) is 16.0 Å². The summed E-state index contributed by atoms with van der Waals surface area (Å²) in [4.78, 5) is 31.8. The average molecular weight is 368 g/mol. The Labute approximate surface area is 160 Å². The highest BCUT2D eigenvalue weighted by molar-refractivity contribution is 6.05. The molecule has 1 saturated heterocycles. The number of rotatable bonds is 4. The minimum atomic E-state index is -0.452. The fraction of sp³-hybridized carbons (Fsp3) is 0.500. The van der Waals surface area contributed by atoms with Gasteiger partial charge in [-0.05, 0) is 43.2 Å². The number of pyridine rings is 1. The fourth-order valence-corrected chi connectivity index (χ4v) is 4.12. The van der Waals surface area contributed by atoms with E-state index in [2.05, 4.69) is 18.8 Å². The number of para-hydroxylation sites is 1. The predicted molar refractivity (Wildman–Crippen MR) is 106 cm³/mol. The Morgan fingerprint density at radius 1 is 1.19 bits per heavy atom. The maximum absolute atomic E-state index is 12.8. The van der Waals surface area contributed by atoms with Gasteiger partial charge in [-0.15, -0.1) is 0 Å². The van der Waals surface area contributed by atoms with E-state index in [1.165, 1.54) is 0 Å². The number of carbonyl (C=O) groups is 2. The molecule has 5 nitrogen and oxygen atoms in total. The second-order valence-corrected chi connectivity index (χ2v) is 7.75. The van der Waals surface area contributed by atoms with Gasteiger partial charge in [0, 0.05) is 24.2 Å². The number of hydrogen-bond acceptors (Lipinski definition) is 4. The maximum atomic E-state index is 12.8. The van der Waals surface area contributed by atoms with Crippen LogP contribution in [0.1, 0.15) is 48.8 Å². The first-order valence-corrected chi connectivity index (χ1v) is 9.73. The quantitative estimate of drug-likeness (QED) is 0.771. The van der Waals surface area contributed by atoms with E-state index in [1.54, 1.807) is 0 Å². The number of benzene rings is 1. The highest BCUT2D eigenvalue weighted by Gasteiger charge is 2.26. The summed E-state index contributed by atoms with van der Waals surface area (Å²) >= 11 is 0. The molecule has 3 rings (SSSR count). The number of piperidine rings is 1. The third kappa shape index (κ3) is 4.12. The van der Waals surface area contributed by atoms with E-state index in [9.17, 15) is 9.59 Å². The molecule has 1 aliphatic heterocycles. The number of carbonyl (C=O) groups excluding carboxylic acids is 2. The Morgan fingerprint density at radius 3 is 2.52 bits per heavy atom. The lowest BCUT2D eigenvalue weighted by Gasteiger charge is -2.34. The van der Waals surface area contributed by atoms with Gasteiger partial charge in [-0.25, -0.2) is 4.79 Å². The number of aryl methyl sites for hydroxylation is 1. The molecule has 2 atom stereocenters. The van der Waals surface area contributed by atoms with E-state index in [1.807, 2.05) is 43.0 Å². The summed E-state index contributed by atoms with van der Waals surface area (Å²) in [7, 11) is 0. The molecule has 0 saturated carbocycles. The van der Waals surface area contributed by atoms with Gasteiger partial charge in [0.25, 0.3) is 5.91 Å². The van der Waals surface area contributed by atoms with Crippen LogP contribution in [0, 0.1) is 18.8 Å². The van der Waals surface area contributed by atoms with Crippen molar-refractivity contribution in [3.05, 3.63) is 41.1 Å². The smallest absolute Gasteiger partial charge is 0.339 e. The molecular weight excluding hydrogens is 340 g/mol. The Hall–Kier alpha value is -2.43. The SMILES string of the molecule is CCc1nc2ccccc2c(C(=O)OCC(=O)N2C[C@H](C)C[C@H](C)C2)c1C. The number of hydrogen-bond donors (Lipinski definition) is 0. The van der Waals surface area contributed by atoms with E-state index in [0.29, 0.717) is 17.4 Å². The first-order chi connectivity index (χ1) is 12.9. The van der Waals surface area contributed by atoms with Crippen molar-refractivity contribution in [2.45, 2.75) is 40.5 Å². The predicted octanol–water partition coefficient (Wildman–Crippen LogP) is 3.77. The summed E-state index contributed by atoms with van der Waals surface area (Å²) in [5.74, 6) is 0.388. The number of likely N-dealkylation sites (tertiary alicyclic amines) is 1. The van der Waals surface area contributed by atoms with Crippen LogP contribution in [0.25, 0.3) is 10.9 Å². The molecule has 1 aromatic carbocycles. The molecule has 1 fully saturated rings. The second kappa shape index (κ2) is 8.07. The monoisotopic (exact) mass is 368 g/mol. The summed E-state index contributed by atoms with van der Waals surface area (Å²) < 4.78 is 5.44. The van der Waals surface area contributed by atoms with Crippen molar-refractivity contribution in [2.24, 2.45) is 11.8 Å². The molecule has 0 bridgehead atoms. The fourth-order valence-electron chi connectivity index (χ4n) is 4.12. The first kappa shape index (κ1) is 19.3. The lowest BCUT2D eigenvalue weighted by Crippen LogP contribution is -2.44. The molecule has 0 radical (unpaired) electrons. The molecule has 5 heteroatoms. The standard InChI is InChI=1S/C22H28N2O3/c1-5-18-16(4)21(17-8-6-7-9-19(17)23-18)22(26)27-13-20(25)24-11-14(2)10-15(3)12-24/h6-9,14-15H,5,10-13H2,1-4H3/t14-,15+. The molecule has 144 valence electrons. The summed E-state index contributed by atoms with van der Waals surface area (Å²) in [6, 6.07) is 7.56. The third-order valence-electron chi connectivity index (χ3n) is 5.32. The first-order valence-electron chi connectivity index (χ1n) is 9.73. The van der Waals surface area contributed by atoms with Crippen molar-refractivity contribution in [3.8, 4) is 0 Å². The van der Waals surface area contributed by atoms with E-state index in [4.69, 9.17) is 4.74 Å². The van der Waals surface area contributed by atoms with Gasteiger partial charge in [-0.3, -0.25) is 9.78 Å². The van der Waals surface area contributed by atoms with Crippen LogP contribution < -0.4 is 0 Å². The average Bonchev–Trinajstić information content (AvgIpc) is 2.64. The molecule has 1 amide bonds. The number of amides is 1. The molecule has 1 aromatic heterocycles. The Morgan fingerprint density at radius 2 is 1.85 bits per heavy atom. The van der Waals surface area contributed by atoms with Crippen molar-refractivity contribution in [1.29, 1.82) is 0 Å².